The van der Waals surface area contributed by atoms with Gasteiger partial charge in [0.1, 0.15) is 17.0 Å². The van der Waals surface area contributed by atoms with Crippen LogP contribution >= 0.6 is 11.3 Å². The number of rotatable bonds is 3. The standard InChI is InChI=1S/C21H22N4O3S/c1-12-13(2)29-21-18(12)19(22-10-23-21)25-7-5-14(6-8-25)20(26)24-15-3-4-16-17(9-15)28-11-27-16/h3-4,9-10,14H,5-8,11H2,1-2H3,(H,24,26). The number of piperidine rings is 1. The zero-order valence-corrected chi connectivity index (χ0v) is 17.2. The van der Waals surface area contributed by atoms with E-state index in [1.165, 1.54) is 10.4 Å². The molecule has 0 saturated carbocycles. The Morgan fingerprint density at radius 1 is 1.17 bits per heavy atom. The Kier molecular flexibility index (Phi) is 4.50. The Balaban J connectivity index is 1.26. The molecule has 1 N–H and O–H groups in total. The summed E-state index contributed by atoms with van der Waals surface area (Å²) in [5.41, 5.74) is 1.99. The van der Waals surface area contributed by atoms with Gasteiger partial charge in [-0.25, -0.2) is 9.97 Å². The van der Waals surface area contributed by atoms with Crippen LogP contribution in [-0.4, -0.2) is 35.8 Å². The number of carbonyl (C=O) groups excluding carboxylic acids is 1. The third-order valence-corrected chi connectivity index (χ3v) is 6.87. The summed E-state index contributed by atoms with van der Waals surface area (Å²) >= 11 is 1.71. The van der Waals surface area contributed by atoms with Crippen molar-refractivity contribution in [3.63, 3.8) is 0 Å². The van der Waals surface area contributed by atoms with Crippen LogP contribution in [0.1, 0.15) is 23.3 Å². The van der Waals surface area contributed by atoms with Crippen LogP contribution in [-0.2, 0) is 4.79 Å². The van der Waals surface area contributed by atoms with E-state index < -0.39 is 0 Å². The van der Waals surface area contributed by atoms with Crippen LogP contribution in [0, 0.1) is 19.8 Å². The zero-order chi connectivity index (χ0) is 20.0. The van der Waals surface area contributed by atoms with E-state index in [2.05, 4.69) is 34.0 Å². The number of fused-ring (bicyclic) bond motifs is 2. The van der Waals surface area contributed by atoms with Gasteiger partial charge in [0.15, 0.2) is 11.5 Å². The van der Waals surface area contributed by atoms with Crippen LogP contribution in [0.2, 0.25) is 0 Å². The first-order valence-corrected chi connectivity index (χ1v) is 10.6. The largest absolute Gasteiger partial charge is 0.454 e. The summed E-state index contributed by atoms with van der Waals surface area (Å²) in [4.78, 5) is 26.4. The van der Waals surface area contributed by atoms with Crippen LogP contribution in [0.4, 0.5) is 11.5 Å². The quantitative estimate of drug-likeness (QED) is 0.706. The molecular weight excluding hydrogens is 388 g/mol. The van der Waals surface area contributed by atoms with Crippen molar-refractivity contribution in [1.29, 1.82) is 0 Å². The van der Waals surface area contributed by atoms with Crippen molar-refractivity contribution < 1.29 is 14.3 Å². The van der Waals surface area contributed by atoms with Crippen molar-refractivity contribution in [1.82, 2.24) is 9.97 Å². The predicted octanol–water partition coefficient (Wildman–Crippen LogP) is 3.89. The van der Waals surface area contributed by atoms with Gasteiger partial charge in [-0.05, 0) is 44.4 Å². The van der Waals surface area contributed by atoms with Gasteiger partial charge in [-0.3, -0.25) is 4.79 Å². The number of hydrogen-bond donors (Lipinski definition) is 1. The van der Waals surface area contributed by atoms with E-state index in [1.54, 1.807) is 17.7 Å². The molecule has 7 nitrogen and oxygen atoms in total. The monoisotopic (exact) mass is 410 g/mol. The van der Waals surface area contributed by atoms with Gasteiger partial charge in [0.05, 0.1) is 5.39 Å². The minimum absolute atomic E-state index is 0.0145. The van der Waals surface area contributed by atoms with E-state index in [9.17, 15) is 4.79 Å². The van der Waals surface area contributed by atoms with E-state index in [4.69, 9.17) is 9.47 Å². The first kappa shape index (κ1) is 18.2. The maximum atomic E-state index is 12.8. The van der Waals surface area contributed by atoms with Crippen LogP contribution in [0.15, 0.2) is 24.5 Å². The Labute approximate surface area is 172 Å². The van der Waals surface area contributed by atoms with Gasteiger partial charge in [-0.1, -0.05) is 0 Å². The number of nitrogens with one attached hydrogen (secondary N) is 1. The number of anilines is 2. The van der Waals surface area contributed by atoms with Crippen LogP contribution in [0.5, 0.6) is 11.5 Å². The molecule has 1 aromatic carbocycles. The second-order valence-electron chi connectivity index (χ2n) is 7.48. The molecule has 0 spiro atoms. The summed E-state index contributed by atoms with van der Waals surface area (Å²) in [6.07, 6.45) is 3.24. The summed E-state index contributed by atoms with van der Waals surface area (Å²) < 4.78 is 10.7. The summed E-state index contributed by atoms with van der Waals surface area (Å²) in [6, 6.07) is 5.49. The number of benzene rings is 1. The lowest BCUT2D eigenvalue weighted by molar-refractivity contribution is -0.120. The first-order chi connectivity index (χ1) is 14.1. The van der Waals surface area contributed by atoms with Crippen molar-refractivity contribution in [3.05, 3.63) is 35.0 Å². The average molecular weight is 410 g/mol. The lowest BCUT2D eigenvalue weighted by Crippen LogP contribution is -2.38. The van der Waals surface area contributed by atoms with Crippen LogP contribution in [0.3, 0.4) is 0 Å². The molecule has 2 aliphatic heterocycles. The highest BCUT2D eigenvalue weighted by Gasteiger charge is 2.27. The average Bonchev–Trinajstić information content (AvgIpc) is 3.32. The molecule has 0 radical (unpaired) electrons. The molecule has 0 aliphatic carbocycles. The molecule has 0 bridgehead atoms. The molecule has 1 saturated heterocycles. The minimum atomic E-state index is -0.0145. The maximum absolute atomic E-state index is 12.8. The molecule has 2 aliphatic rings. The molecule has 0 atom stereocenters. The van der Waals surface area contributed by atoms with E-state index in [-0.39, 0.29) is 18.6 Å². The fraction of sp³-hybridized carbons (Fsp3) is 0.381. The number of carbonyl (C=O) groups is 1. The van der Waals surface area contributed by atoms with Crippen LogP contribution < -0.4 is 19.7 Å². The van der Waals surface area contributed by atoms with Gasteiger partial charge in [0.2, 0.25) is 12.7 Å². The Hall–Kier alpha value is -2.87. The predicted molar refractivity (Wildman–Crippen MR) is 113 cm³/mol. The molecule has 29 heavy (non-hydrogen) atoms. The normalized spacial score (nSPS) is 16.4. The number of aryl methyl sites for hydroxylation is 2. The van der Waals surface area contributed by atoms with Gasteiger partial charge < -0.3 is 19.7 Å². The molecule has 1 amide bonds. The van der Waals surface area contributed by atoms with E-state index in [1.807, 2.05) is 18.2 Å². The Morgan fingerprint density at radius 3 is 2.79 bits per heavy atom. The van der Waals surface area contributed by atoms with Gasteiger partial charge in [-0.15, -0.1) is 11.3 Å². The molecule has 8 heteroatoms. The molecule has 2 aromatic heterocycles. The van der Waals surface area contributed by atoms with E-state index in [0.29, 0.717) is 11.5 Å². The molecule has 3 aromatic rings. The van der Waals surface area contributed by atoms with Gasteiger partial charge in [0, 0.05) is 35.6 Å². The molecule has 0 unspecified atom stereocenters. The SMILES string of the molecule is Cc1sc2ncnc(N3CCC(C(=O)Nc4ccc5c(c4)OCO5)CC3)c2c1C. The molecule has 150 valence electrons. The smallest absolute Gasteiger partial charge is 0.231 e. The second-order valence-corrected chi connectivity index (χ2v) is 8.68. The molecule has 1 fully saturated rings. The third kappa shape index (κ3) is 3.27. The van der Waals surface area contributed by atoms with Crippen molar-refractivity contribution in [2.24, 2.45) is 5.92 Å². The number of hydrogen-bond acceptors (Lipinski definition) is 7. The first-order valence-electron chi connectivity index (χ1n) is 9.76. The number of aromatic nitrogens is 2. The van der Waals surface area contributed by atoms with E-state index in [0.717, 1.165) is 47.7 Å². The minimum Gasteiger partial charge on any atom is -0.454 e. The van der Waals surface area contributed by atoms with Crippen molar-refractivity contribution in [2.45, 2.75) is 26.7 Å². The molecular formula is C21H22N4O3S. The van der Waals surface area contributed by atoms with Crippen molar-refractivity contribution >= 4 is 39.0 Å². The highest BCUT2D eigenvalue weighted by atomic mass is 32.1. The zero-order valence-electron chi connectivity index (χ0n) is 16.4. The maximum Gasteiger partial charge on any atom is 0.231 e. The lowest BCUT2D eigenvalue weighted by Gasteiger charge is -2.32. The molecule has 4 heterocycles. The topological polar surface area (TPSA) is 76.6 Å². The van der Waals surface area contributed by atoms with Gasteiger partial charge >= 0.3 is 0 Å². The fourth-order valence-electron chi connectivity index (χ4n) is 3.98. The van der Waals surface area contributed by atoms with Gasteiger partial charge in [-0.2, -0.15) is 0 Å². The lowest BCUT2D eigenvalue weighted by atomic mass is 9.95. The highest BCUT2D eigenvalue weighted by molar-refractivity contribution is 7.18. The fourth-order valence-corrected chi connectivity index (χ4v) is 4.97. The van der Waals surface area contributed by atoms with Crippen molar-refractivity contribution in [2.75, 3.05) is 30.1 Å². The summed E-state index contributed by atoms with van der Waals surface area (Å²) in [5, 5.41) is 4.17. The number of amides is 1. The Morgan fingerprint density at radius 2 is 1.97 bits per heavy atom. The summed E-state index contributed by atoms with van der Waals surface area (Å²) in [6.45, 7) is 6.09. The summed E-state index contributed by atoms with van der Waals surface area (Å²) in [7, 11) is 0. The number of nitrogens with zero attached hydrogens (tertiary/aromatic N) is 3. The van der Waals surface area contributed by atoms with E-state index >= 15 is 0 Å². The molecule has 5 rings (SSSR count). The second kappa shape index (κ2) is 7.18. The number of thiophene rings is 1. The van der Waals surface area contributed by atoms with Crippen molar-refractivity contribution in [3.8, 4) is 11.5 Å². The third-order valence-electron chi connectivity index (χ3n) is 5.75. The summed E-state index contributed by atoms with van der Waals surface area (Å²) in [5.74, 6) is 2.42. The van der Waals surface area contributed by atoms with Crippen LogP contribution in [0.25, 0.3) is 10.2 Å². The van der Waals surface area contributed by atoms with Gasteiger partial charge in [0.25, 0.3) is 0 Å². The highest BCUT2D eigenvalue weighted by Crippen LogP contribution is 2.36. The number of ether oxygens (including phenoxy) is 2. The Bertz CT molecular complexity index is 1090.